The van der Waals surface area contributed by atoms with Crippen LogP contribution in [-0.2, 0) is 0 Å². The van der Waals surface area contributed by atoms with E-state index in [4.69, 9.17) is 0 Å². The average molecular weight is 155 g/mol. The molecule has 2 aromatic rings. The van der Waals surface area contributed by atoms with Crippen molar-refractivity contribution in [3.63, 3.8) is 0 Å². The summed E-state index contributed by atoms with van der Waals surface area (Å²) in [6, 6.07) is 0. The second-order valence-electron chi connectivity index (χ2n) is 2.03. The fourth-order valence-corrected chi connectivity index (χ4v) is 0.867. The van der Waals surface area contributed by atoms with Crippen molar-refractivity contribution >= 4 is 11.2 Å². The van der Waals surface area contributed by atoms with Crippen LogP contribution in [0, 0.1) is 0 Å². The molecule has 2 heterocycles. The molecule has 0 spiro atoms. The number of imidazole rings is 1. The van der Waals surface area contributed by atoms with Crippen molar-refractivity contribution in [2.45, 2.75) is 0 Å². The highest BCUT2D eigenvalue weighted by Crippen LogP contribution is 1.92. The smallest absolute Gasteiger partial charge is 0.327 e. The molecule has 0 aromatic carbocycles. The molecule has 0 aliphatic heterocycles. The Hall–Kier alpha value is -1.85. The van der Waals surface area contributed by atoms with Crippen molar-refractivity contribution in [1.82, 2.24) is 19.9 Å². The van der Waals surface area contributed by atoms with Gasteiger partial charge in [-0.15, -0.1) is 0 Å². The van der Waals surface area contributed by atoms with Crippen LogP contribution in [0.1, 0.15) is 0 Å². The molecule has 11 heavy (non-hydrogen) atoms. The lowest BCUT2D eigenvalue weighted by Gasteiger charge is -1.83. The van der Waals surface area contributed by atoms with Gasteiger partial charge in [0.25, 0.3) is 5.56 Å². The van der Waals surface area contributed by atoms with E-state index >= 15 is 0 Å². The first kappa shape index (κ1) is 5.90. The molecule has 56 valence electrons. The molecule has 6 nitrogen and oxygen atoms in total. The summed E-state index contributed by atoms with van der Waals surface area (Å²) in [5, 5.41) is 0. The number of nitrogens with one attached hydrogen (secondary N) is 3. The maximum Gasteiger partial charge on any atom is 0.327 e. The number of nitrogens with zero attached hydrogens (tertiary/aromatic N) is 1. The number of hydrogen-bond donors (Lipinski definition) is 3. The maximum absolute atomic E-state index is 10.9. The van der Waals surface area contributed by atoms with E-state index < -0.39 is 11.2 Å². The largest absolute Gasteiger partial charge is 0.339 e. The van der Waals surface area contributed by atoms with Crippen molar-refractivity contribution in [1.29, 1.82) is 0 Å². The third kappa shape index (κ3) is 0.759. The molecule has 0 radical (unpaired) electrons. The van der Waals surface area contributed by atoms with Crippen LogP contribution in [0.4, 0.5) is 0 Å². The fourth-order valence-electron chi connectivity index (χ4n) is 0.867. The third-order valence-electron chi connectivity index (χ3n) is 1.33. The van der Waals surface area contributed by atoms with Gasteiger partial charge in [0.1, 0.15) is 5.52 Å². The Labute approximate surface area is 59.3 Å². The Morgan fingerprint density at radius 3 is 2.91 bits per heavy atom. The van der Waals surface area contributed by atoms with Gasteiger partial charge in [0.15, 0.2) is 5.65 Å². The summed E-state index contributed by atoms with van der Waals surface area (Å²) in [5.41, 5.74) is -0.445. The third-order valence-corrected chi connectivity index (χ3v) is 1.33. The predicted octanol–water partition coefficient (Wildman–Crippen LogP) is -1.06. The SMILES string of the molecule is O=c1[nH]c(=O)c2[15nH][13cH][15n]c2[nH]1. The summed E-state index contributed by atoms with van der Waals surface area (Å²) in [4.78, 5) is 32.3. The molecule has 0 aliphatic rings. The van der Waals surface area contributed by atoms with Gasteiger partial charge in [-0.1, -0.05) is 0 Å². The molecular formula is C5H4N4O2. The Morgan fingerprint density at radius 2 is 2.09 bits per heavy atom. The second kappa shape index (κ2) is 1.82. The maximum atomic E-state index is 10.9. The standard InChI is InChI=1S/C5H4N4O2/c10-4-2-3(7-1-6-2)8-5(11)9-4/h1H,(H3,6,7,8,9,10,11)/i1+1,6+1,7+1. The van der Waals surface area contributed by atoms with E-state index in [1.165, 1.54) is 6.33 Å². The minimum atomic E-state index is -0.547. The van der Waals surface area contributed by atoms with Crippen molar-refractivity contribution in [2.75, 3.05) is 0 Å². The van der Waals surface area contributed by atoms with E-state index in [9.17, 15) is 9.59 Å². The molecule has 3 N–H and O–H groups in total. The summed E-state index contributed by atoms with van der Waals surface area (Å²) < 4.78 is 0. The Morgan fingerprint density at radius 1 is 1.27 bits per heavy atom. The second-order valence-corrected chi connectivity index (χ2v) is 2.03. The van der Waals surface area contributed by atoms with Crippen LogP contribution in [0.3, 0.4) is 0 Å². The highest BCUT2D eigenvalue weighted by atomic mass is 16.2. The van der Waals surface area contributed by atoms with E-state index in [-0.39, 0.29) is 11.2 Å². The van der Waals surface area contributed by atoms with Crippen LogP contribution >= 0.6 is 0 Å². The minimum Gasteiger partial charge on any atom is -0.339 e. The zero-order valence-corrected chi connectivity index (χ0v) is 5.34. The van der Waals surface area contributed by atoms with Gasteiger partial charge >= 0.3 is 5.69 Å². The summed E-state index contributed by atoms with van der Waals surface area (Å²) in [6.07, 6.45) is 1.34. The van der Waals surface area contributed by atoms with E-state index in [1.807, 2.05) is 0 Å². The van der Waals surface area contributed by atoms with E-state index in [0.717, 1.165) is 0 Å². The quantitative estimate of drug-likeness (QED) is 0.452. The number of rotatable bonds is 0. The Kier molecular flexibility index (Phi) is 0.974. The number of H-pyrrole nitrogens is 3. The molecule has 0 unspecified atom stereocenters. The number of aromatic nitrogens is 4. The average Bonchev–Trinajstić information content (AvgIpc) is 2.34. The van der Waals surface area contributed by atoms with Gasteiger partial charge in [0, 0.05) is 0 Å². The molecule has 0 saturated heterocycles. The topological polar surface area (TPSA) is 94.4 Å². The predicted molar refractivity (Wildman–Crippen MR) is 37.3 cm³/mol. The molecule has 0 saturated carbocycles. The first-order chi connectivity index (χ1) is 5.27. The van der Waals surface area contributed by atoms with Gasteiger partial charge in [-0.2, -0.15) is 0 Å². The normalized spacial score (nSPS) is 10.5. The van der Waals surface area contributed by atoms with Crippen LogP contribution in [-0.4, -0.2) is 19.9 Å². The molecule has 0 atom stereocenters. The zero-order chi connectivity index (χ0) is 7.84. The van der Waals surface area contributed by atoms with Crippen molar-refractivity contribution in [3.05, 3.63) is 27.2 Å². The van der Waals surface area contributed by atoms with Gasteiger partial charge in [-0.3, -0.25) is 14.8 Å². The highest BCUT2D eigenvalue weighted by molar-refractivity contribution is 5.67. The minimum absolute atomic E-state index is 0.277. The molecule has 0 bridgehead atoms. The van der Waals surface area contributed by atoms with Gasteiger partial charge in [0.05, 0.1) is 6.33 Å². The highest BCUT2D eigenvalue weighted by Gasteiger charge is 1.99. The lowest BCUT2D eigenvalue weighted by atomic mass is 10.6. The van der Waals surface area contributed by atoms with Crippen LogP contribution < -0.4 is 11.2 Å². The summed E-state index contributed by atoms with van der Waals surface area (Å²) in [7, 11) is 0. The molecule has 0 amide bonds. The monoisotopic (exact) mass is 155 g/mol. The van der Waals surface area contributed by atoms with E-state index in [1.54, 1.807) is 0 Å². The van der Waals surface area contributed by atoms with Gasteiger partial charge in [-0.05, 0) is 0 Å². The molecule has 2 aromatic heterocycles. The molecule has 6 heteroatoms. The molecule has 0 aliphatic carbocycles. The van der Waals surface area contributed by atoms with Crippen molar-refractivity contribution in [2.24, 2.45) is 0 Å². The molecular weight excluding hydrogens is 151 g/mol. The van der Waals surface area contributed by atoms with Crippen LogP contribution in [0.5, 0.6) is 0 Å². The van der Waals surface area contributed by atoms with E-state index in [2.05, 4.69) is 19.9 Å². The fraction of sp³-hybridized carbons (Fsp3) is 0. The number of aromatic amines is 3. The summed E-state index contributed by atoms with van der Waals surface area (Å²) in [5.74, 6) is 0. The van der Waals surface area contributed by atoms with Gasteiger partial charge in [-0.25, -0.2) is 9.78 Å². The van der Waals surface area contributed by atoms with Gasteiger partial charge < -0.3 is 4.98 Å². The van der Waals surface area contributed by atoms with Gasteiger partial charge in [0.2, 0.25) is 0 Å². The first-order valence-electron chi connectivity index (χ1n) is 2.93. The number of fused-ring (bicyclic) bond motifs is 1. The number of hydrogen-bond acceptors (Lipinski definition) is 3. The van der Waals surface area contributed by atoms with Crippen LogP contribution in [0.2, 0.25) is 0 Å². The summed E-state index contributed by atoms with van der Waals surface area (Å²) in [6.45, 7) is 0. The molecule has 0 fully saturated rings. The Balaban J connectivity index is 3.15. The van der Waals surface area contributed by atoms with Crippen LogP contribution in [0.15, 0.2) is 15.9 Å². The lowest BCUT2D eigenvalue weighted by Crippen LogP contribution is -2.21. The van der Waals surface area contributed by atoms with E-state index in [0.29, 0.717) is 0 Å². The van der Waals surface area contributed by atoms with Crippen molar-refractivity contribution < 1.29 is 0 Å². The first-order valence-corrected chi connectivity index (χ1v) is 2.93. The van der Waals surface area contributed by atoms with Crippen LogP contribution in [0.25, 0.3) is 11.2 Å². The summed E-state index contributed by atoms with van der Waals surface area (Å²) >= 11 is 0. The Bertz CT molecular complexity index is 491. The van der Waals surface area contributed by atoms with Crippen molar-refractivity contribution in [3.8, 4) is 0 Å². The zero-order valence-electron chi connectivity index (χ0n) is 5.34. The lowest BCUT2D eigenvalue weighted by molar-refractivity contribution is 1.07. The molecule has 2 rings (SSSR count).